The number of urea groups is 1. The van der Waals surface area contributed by atoms with E-state index >= 15 is 0 Å². The number of carbonyl (C=O) groups excluding carboxylic acids is 1. The lowest BCUT2D eigenvalue weighted by molar-refractivity contribution is 0.204. The summed E-state index contributed by atoms with van der Waals surface area (Å²) in [4.78, 5) is 11.8. The fourth-order valence-electron chi connectivity index (χ4n) is 1.47. The van der Waals surface area contributed by atoms with Crippen molar-refractivity contribution >= 4 is 29.5 Å². The van der Waals surface area contributed by atoms with Gasteiger partial charge in [0.1, 0.15) is 0 Å². The second kappa shape index (κ2) is 4.53. The monoisotopic (exact) mass is 237 g/mol. The molecule has 2 amide bonds. The van der Waals surface area contributed by atoms with Gasteiger partial charge in [-0.3, -0.25) is 0 Å². The van der Waals surface area contributed by atoms with Crippen LogP contribution in [0.25, 0.3) is 0 Å². The number of nitrogens with zero attached hydrogens (tertiary/aromatic N) is 2. The third-order valence-corrected chi connectivity index (χ3v) is 2.63. The highest BCUT2D eigenvalue weighted by Crippen LogP contribution is 2.16. The van der Waals surface area contributed by atoms with Gasteiger partial charge in [-0.1, -0.05) is 11.6 Å². The standard InChI is InChI=1S/C11H12ClN3O/c1-8-6-7-13-15(8)11(16)14-10-4-2-9(12)3-5-10/h2-5,7-8H,6H2,1H3,(H,14,16). The van der Waals surface area contributed by atoms with E-state index in [9.17, 15) is 4.79 Å². The first-order chi connectivity index (χ1) is 7.66. The molecule has 4 nitrogen and oxygen atoms in total. The van der Waals surface area contributed by atoms with Crippen LogP contribution in [0.5, 0.6) is 0 Å². The van der Waals surface area contributed by atoms with E-state index in [4.69, 9.17) is 11.6 Å². The van der Waals surface area contributed by atoms with E-state index in [-0.39, 0.29) is 12.1 Å². The molecule has 1 aromatic rings. The van der Waals surface area contributed by atoms with Crippen LogP contribution in [-0.4, -0.2) is 23.3 Å². The molecule has 1 aliphatic rings. The van der Waals surface area contributed by atoms with E-state index in [0.717, 1.165) is 6.42 Å². The van der Waals surface area contributed by atoms with Gasteiger partial charge in [-0.15, -0.1) is 0 Å². The number of hydrogen-bond donors (Lipinski definition) is 1. The summed E-state index contributed by atoms with van der Waals surface area (Å²) in [6.45, 7) is 1.95. The van der Waals surface area contributed by atoms with Gasteiger partial charge in [-0.05, 0) is 31.2 Å². The number of nitrogens with one attached hydrogen (secondary N) is 1. The van der Waals surface area contributed by atoms with Crippen LogP contribution < -0.4 is 5.32 Å². The molecular formula is C11H12ClN3O. The quantitative estimate of drug-likeness (QED) is 0.802. The molecule has 16 heavy (non-hydrogen) atoms. The minimum Gasteiger partial charge on any atom is -0.306 e. The average molecular weight is 238 g/mol. The van der Waals surface area contributed by atoms with E-state index in [2.05, 4.69) is 10.4 Å². The Balaban J connectivity index is 2.02. The zero-order chi connectivity index (χ0) is 11.5. The Morgan fingerprint density at radius 1 is 1.50 bits per heavy atom. The summed E-state index contributed by atoms with van der Waals surface area (Å²) in [7, 11) is 0. The van der Waals surface area contributed by atoms with Crippen molar-refractivity contribution in [3.63, 3.8) is 0 Å². The van der Waals surface area contributed by atoms with Crippen LogP contribution in [0.15, 0.2) is 29.4 Å². The molecule has 0 saturated heterocycles. The van der Waals surface area contributed by atoms with Crippen LogP contribution in [0.4, 0.5) is 10.5 Å². The van der Waals surface area contributed by atoms with Crippen molar-refractivity contribution in [1.82, 2.24) is 5.01 Å². The first kappa shape index (κ1) is 11.0. The van der Waals surface area contributed by atoms with Crippen molar-refractivity contribution in [3.8, 4) is 0 Å². The van der Waals surface area contributed by atoms with E-state index in [1.54, 1.807) is 30.5 Å². The second-order valence-electron chi connectivity index (χ2n) is 3.66. The van der Waals surface area contributed by atoms with Gasteiger partial charge in [0, 0.05) is 23.3 Å². The van der Waals surface area contributed by atoms with Gasteiger partial charge >= 0.3 is 6.03 Å². The number of halogens is 1. The Morgan fingerprint density at radius 3 is 2.75 bits per heavy atom. The van der Waals surface area contributed by atoms with E-state index in [0.29, 0.717) is 10.7 Å². The zero-order valence-electron chi connectivity index (χ0n) is 8.85. The number of rotatable bonds is 1. The van der Waals surface area contributed by atoms with Crippen molar-refractivity contribution in [2.24, 2.45) is 5.10 Å². The second-order valence-corrected chi connectivity index (χ2v) is 4.10. The molecule has 1 heterocycles. The Bertz CT molecular complexity index is 416. The van der Waals surface area contributed by atoms with E-state index in [1.807, 2.05) is 6.92 Å². The maximum Gasteiger partial charge on any atom is 0.342 e. The summed E-state index contributed by atoms with van der Waals surface area (Å²) in [5, 5.41) is 8.84. The molecule has 0 spiro atoms. The van der Waals surface area contributed by atoms with Crippen molar-refractivity contribution in [2.45, 2.75) is 19.4 Å². The highest BCUT2D eigenvalue weighted by molar-refractivity contribution is 6.30. The summed E-state index contributed by atoms with van der Waals surface area (Å²) >= 11 is 5.75. The molecule has 0 radical (unpaired) electrons. The minimum absolute atomic E-state index is 0.118. The number of anilines is 1. The zero-order valence-corrected chi connectivity index (χ0v) is 9.61. The average Bonchev–Trinajstić information content (AvgIpc) is 2.68. The van der Waals surface area contributed by atoms with Gasteiger partial charge < -0.3 is 5.32 Å². The van der Waals surface area contributed by atoms with Gasteiger partial charge in [-0.25, -0.2) is 9.80 Å². The first-order valence-electron chi connectivity index (χ1n) is 5.05. The van der Waals surface area contributed by atoms with Crippen LogP contribution in [0, 0.1) is 0 Å². The van der Waals surface area contributed by atoms with Crippen LogP contribution in [0.2, 0.25) is 5.02 Å². The summed E-state index contributed by atoms with van der Waals surface area (Å²) in [5.41, 5.74) is 0.712. The maximum atomic E-state index is 11.8. The predicted molar refractivity (Wildman–Crippen MR) is 64.9 cm³/mol. The Labute approximate surface area is 98.9 Å². The Hall–Kier alpha value is -1.55. The van der Waals surface area contributed by atoms with E-state index < -0.39 is 0 Å². The minimum atomic E-state index is -0.219. The molecule has 1 atom stereocenters. The molecule has 0 fully saturated rings. The van der Waals surface area contributed by atoms with Crippen molar-refractivity contribution in [3.05, 3.63) is 29.3 Å². The van der Waals surface area contributed by atoms with Crippen molar-refractivity contribution in [1.29, 1.82) is 0 Å². The summed E-state index contributed by atoms with van der Waals surface area (Å²) in [5.74, 6) is 0. The predicted octanol–water partition coefficient (Wildman–Crippen LogP) is 2.95. The van der Waals surface area contributed by atoms with Crippen LogP contribution in [-0.2, 0) is 0 Å². The van der Waals surface area contributed by atoms with Gasteiger partial charge in [-0.2, -0.15) is 5.10 Å². The smallest absolute Gasteiger partial charge is 0.306 e. The van der Waals surface area contributed by atoms with Gasteiger partial charge in [0.25, 0.3) is 0 Å². The third kappa shape index (κ3) is 2.33. The lowest BCUT2D eigenvalue weighted by Crippen LogP contribution is -2.34. The molecule has 0 saturated carbocycles. The topological polar surface area (TPSA) is 44.7 Å². The summed E-state index contributed by atoms with van der Waals surface area (Å²) in [6.07, 6.45) is 2.54. The van der Waals surface area contributed by atoms with Gasteiger partial charge in [0.05, 0.1) is 6.04 Å². The molecule has 1 aromatic carbocycles. The summed E-state index contributed by atoms with van der Waals surface area (Å²) in [6, 6.07) is 6.87. The maximum absolute atomic E-state index is 11.8. The molecule has 84 valence electrons. The SMILES string of the molecule is CC1CC=NN1C(=O)Nc1ccc(Cl)cc1. The fraction of sp³-hybridized carbons (Fsp3) is 0.273. The largest absolute Gasteiger partial charge is 0.342 e. The lowest BCUT2D eigenvalue weighted by atomic mass is 10.3. The van der Waals surface area contributed by atoms with Gasteiger partial charge in [0.15, 0.2) is 0 Å². The normalized spacial score (nSPS) is 18.9. The lowest BCUT2D eigenvalue weighted by Gasteiger charge is -2.18. The molecule has 1 N–H and O–H groups in total. The number of hydrogen-bond acceptors (Lipinski definition) is 2. The van der Waals surface area contributed by atoms with Crippen molar-refractivity contribution < 1.29 is 4.79 Å². The number of benzene rings is 1. The van der Waals surface area contributed by atoms with Crippen LogP contribution in [0.3, 0.4) is 0 Å². The third-order valence-electron chi connectivity index (χ3n) is 2.37. The van der Waals surface area contributed by atoms with Crippen LogP contribution in [0.1, 0.15) is 13.3 Å². The highest BCUT2D eigenvalue weighted by Gasteiger charge is 2.22. The molecule has 5 heteroatoms. The number of hydrazone groups is 1. The molecule has 0 aliphatic carbocycles. The van der Waals surface area contributed by atoms with Gasteiger partial charge in [0.2, 0.25) is 0 Å². The summed E-state index contributed by atoms with van der Waals surface area (Å²) < 4.78 is 0. The fourth-order valence-corrected chi connectivity index (χ4v) is 1.59. The highest BCUT2D eigenvalue weighted by atomic mass is 35.5. The molecule has 0 aromatic heterocycles. The molecule has 2 rings (SSSR count). The van der Waals surface area contributed by atoms with Crippen molar-refractivity contribution in [2.75, 3.05) is 5.32 Å². The number of carbonyl (C=O) groups is 1. The molecule has 1 aliphatic heterocycles. The molecule has 1 unspecified atom stereocenters. The Morgan fingerprint density at radius 2 is 2.19 bits per heavy atom. The van der Waals surface area contributed by atoms with E-state index in [1.165, 1.54) is 5.01 Å². The first-order valence-corrected chi connectivity index (χ1v) is 5.43. The number of amides is 2. The van der Waals surface area contributed by atoms with Crippen LogP contribution >= 0.6 is 11.6 Å². The molecular weight excluding hydrogens is 226 g/mol. The molecule has 0 bridgehead atoms. The Kier molecular flexibility index (Phi) is 3.10.